The first kappa shape index (κ1) is 30.3. The second kappa shape index (κ2) is 11.0. The van der Waals surface area contributed by atoms with Gasteiger partial charge in [-0.3, -0.25) is 4.57 Å². The van der Waals surface area contributed by atoms with Crippen molar-refractivity contribution in [2.75, 3.05) is 0 Å². The molecule has 0 radical (unpaired) electrons. The number of nitrogens with zero attached hydrogens (tertiary/aromatic N) is 3. The van der Waals surface area contributed by atoms with E-state index < -0.39 is 5.41 Å². The molecule has 0 saturated heterocycles. The van der Waals surface area contributed by atoms with Crippen molar-refractivity contribution in [1.29, 1.82) is 0 Å². The lowest BCUT2D eigenvalue weighted by Gasteiger charge is -2.39. The minimum atomic E-state index is -0.586. The Kier molecular flexibility index (Phi) is 5.95. The van der Waals surface area contributed by atoms with Gasteiger partial charge in [0.2, 0.25) is 5.95 Å². The molecule has 1 aliphatic carbocycles. The van der Waals surface area contributed by atoms with Crippen LogP contribution in [0, 0.1) is 0 Å². The quantitative estimate of drug-likeness (QED) is 0.178. The van der Waals surface area contributed by atoms with Crippen LogP contribution >= 0.6 is 11.3 Å². The number of rotatable bonds is 2. The summed E-state index contributed by atoms with van der Waals surface area (Å²) < 4.78 is 11.8. The van der Waals surface area contributed by atoms with Crippen molar-refractivity contribution in [3.05, 3.63) is 198 Å². The monoisotopic (exact) mass is 731 g/mol. The maximum absolute atomic E-state index is 7.23. The van der Waals surface area contributed by atoms with Gasteiger partial charge in [-0.1, -0.05) is 152 Å². The lowest BCUT2D eigenvalue weighted by atomic mass is 9.66. The number of hydrogen-bond donors (Lipinski definition) is 0. The molecule has 13 rings (SSSR count). The number of fused-ring (bicyclic) bond motifs is 17. The van der Waals surface area contributed by atoms with E-state index >= 15 is 0 Å². The summed E-state index contributed by atoms with van der Waals surface area (Å²) in [6, 6.07) is 63.3. The van der Waals surface area contributed by atoms with Gasteiger partial charge in [0.15, 0.2) is 5.75 Å². The van der Waals surface area contributed by atoms with E-state index in [0.717, 1.165) is 71.3 Å². The zero-order valence-electron chi connectivity index (χ0n) is 29.9. The van der Waals surface area contributed by atoms with Crippen molar-refractivity contribution in [1.82, 2.24) is 14.5 Å². The Balaban J connectivity index is 1.18. The van der Waals surface area contributed by atoms with E-state index in [1.807, 2.05) is 0 Å². The largest absolute Gasteiger partial charge is 0.454 e. The van der Waals surface area contributed by atoms with Crippen LogP contribution in [0.5, 0.6) is 11.5 Å². The van der Waals surface area contributed by atoms with Crippen LogP contribution < -0.4 is 4.74 Å². The summed E-state index contributed by atoms with van der Waals surface area (Å²) >= 11 is 1.76. The maximum Gasteiger partial charge on any atom is 0.236 e. The number of benzene rings is 8. The summed E-state index contributed by atoms with van der Waals surface area (Å²) in [5, 5.41) is 5.73. The third kappa shape index (κ3) is 3.82. The molecule has 1 spiro atoms. The zero-order valence-corrected chi connectivity index (χ0v) is 30.7. The predicted molar refractivity (Wildman–Crippen MR) is 230 cm³/mol. The third-order valence-corrected chi connectivity index (χ3v) is 13.2. The van der Waals surface area contributed by atoms with Crippen molar-refractivity contribution in [3.8, 4) is 39.8 Å². The first-order valence-corrected chi connectivity index (χ1v) is 19.8. The second-order valence-corrected chi connectivity index (χ2v) is 15.9. The summed E-state index contributed by atoms with van der Waals surface area (Å²) in [7, 11) is 0. The van der Waals surface area contributed by atoms with E-state index in [0.29, 0.717) is 5.95 Å². The Bertz CT molecular complexity index is 3440. The van der Waals surface area contributed by atoms with Gasteiger partial charge < -0.3 is 4.74 Å². The third-order valence-electron chi connectivity index (χ3n) is 12.1. The minimum Gasteiger partial charge on any atom is -0.454 e. The summed E-state index contributed by atoms with van der Waals surface area (Å²) in [4.78, 5) is 11.1. The van der Waals surface area contributed by atoms with E-state index in [1.165, 1.54) is 37.7 Å². The fourth-order valence-electron chi connectivity index (χ4n) is 9.78. The van der Waals surface area contributed by atoms with Crippen LogP contribution in [-0.2, 0) is 5.41 Å². The second-order valence-electron chi connectivity index (χ2n) is 14.8. The number of thiophene rings is 1. The standard InChI is InChI=1S/C51H29N3OS/c1-2-14-31-29-32(26-25-30(31)13-1)45-49-46(37-18-6-12-24-44(37)56-49)53-50(52-45)54-42-22-10-5-17-35(42)36-27-28-41-48(47(36)54)55-43-23-11-9-21-40(43)51(41)38-19-7-3-15-33(38)34-16-4-8-20-39(34)51/h1-29H. The first-order valence-electron chi connectivity index (χ1n) is 19.0. The van der Waals surface area contributed by atoms with Crippen molar-refractivity contribution < 1.29 is 4.74 Å². The van der Waals surface area contributed by atoms with E-state index in [4.69, 9.17) is 14.7 Å². The fraction of sp³-hybridized carbons (Fsp3) is 0.0196. The van der Waals surface area contributed by atoms with E-state index in [2.05, 4.69) is 180 Å². The highest BCUT2D eigenvalue weighted by molar-refractivity contribution is 7.26. The Morgan fingerprint density at radius 2 is 1.20 bits per heavy atom. The van der Waals surface area contributed by atoms with Crippen LogP contribution in [0.15, 0.2) is 176 Å². The number of ether oxygens (including phenoxy) is 1. The van der Waals surface area contributed by atoms with Gasteiger partial charge in [0.1, 0.15) is 11.3 Å². The van der Waals surface area contributed by atoms with E-state index in [9.17, 15) is 0 Å². The lowest BCUT2D eigenvalue weighted by Crippen LogP contribution is -2.32. The SMILES string of the molecule is c1ccc2c(c1)Oc1c(ccc3c4ccccc4n(-c4nc(-c5ccc6ccccc6c5)c5sc6ccccc6c5n4)c13)C21c2ccccc2-c2ccccc21. The molecule has 1 aliphatic heterocycles. The molecule has 11 aromatic rings. The molecule has 0 bridgehead atoms. The molecule has 3 aromatic heterocycles. The van der Waals surface area contributed by atoms with Crippen molar-refractivity contribution in [2.24, 2.45) is 0 Å². The van der Waals surface area contributed by atoms with Crippen LogP contribution in [-0.4, -0.2) is 14.5 Å². The van der Waals surface area contributed by atoms with E-state index in [1.54, 1.807) is 11.3 Å². The van der Waals surface area contributed by atoms with Gasteiger partial charge in [0, 0.05) is 37.5 Å². The summed E-state index contributed by atoms with van der Waals surface area (Å²) in [6.07, 6.45) is 0. The molecule has 0 saturated carbocycles. The predicted octanol–water partition coefficient (Wildman–Crippen LogP) is 13.2. The Labute approximate surface area is 325 Å². The topological polar surface area (TPSA) is 39.9 Å². The summed E-state index contributed by atoms with van der Waals surface area (Å²) in [5.74, 6) is 2.30. The van der Waals surface area contributed by atoms with Crippen molar-refractivity contribution in [2.45, 2.75) is 5.41 Å². The van der Waals surface area contributed by atoms with Gasteiger partial charge in [-0.15, -0.1) is 11.3 Å². The molecule has 56 heavy (non-hydrogen) atoms. The molecule has 0 unspecified atom stereocenters. The average molecular weight is 732 g/mol. The summed E-state index contributed by atoms with van der Waals surface area (Å²) in [5.41, 5.74) is 11.6. The van der Waals surface area contributed by atoms with Crippen LogP contribution in [0.2, 0.25) is 0 Å². The van der Waals surface area contributed by atoms with Crippen molar-refractivity contribution in [3.63, 3.8) is 0 Å². The lowest BCUT2D eigenvalue weighted by molar-refractivity contribution is 0.440. The molecule has 5 heteroatoms. The molecule has 260 valence electrons. The van der Waals surface area contributed by atoms with Gasteiger partial charge in [0.05, 0.1) is 26.8 Å². The van der Waals surface area contributed by atoms with Gasteiger partial charge in [-0.05, 0) is 57.3 Å². The van der Waals surface area contributed by atoms with Crippen LogP contribution in [0.3, 0.4) is 0 Å². The molecule has 0 fully saturated rings. The molecular weight excluding hydrogens is 703 g/mol. The highest BCUT2D eigenvalue weighted by atomic mass is 32.1. The smallest absolute Gasteiger partial charge is 0.236 e. The Morgan fingerprint density at radius 3 is 2.04 bits per heavy atom. The number of para-hydroxylation sites is 2. The maximum atomic E-state index is 7.23. The average Bonchev–Trinajstić information content (AvgIpc) is 3.90. The van der Waals surface area contributed by atoms with Crippen LogP contribution in [0.4, 0.5) is 0 Å². The van der Waals surface area contributed by atoms with Gasteiger partial charge in [-0.2, -0.15) is 0 Å². The van der Waals surface area contributed by atoms with Crippen molar-refractivity contribution >= 4 is 64.2 Å². The number of aromatic nitrogens is 3. The zero-order chi connectivity index (χ0) is 36.5. The molecule has 0 atom stereocenters. The first-order chi connectivity index (χ1) is 27.8. The molecule has 8 aromatic carbocycles. The normalized spacial score (nSPS) is 13.6. The molecular formula is C51H29N3OS. The van der Waals surface area contributed by atoms with Crippen LogP contribution in [0.1, 0.15) is 22.3 Å². The fourth-order valence-corrected chi connectivity index (χ4v) is 10.9. The highest BCUT2D eigenvalue weighted by Crippen LogP contribution is 2.63. The molecule has 4 heterocycles. The van der Waals surface area contributed by atoms with Gasteiger partial charge in [0.25, 0.3) is 0 Å². The number of hydrogen-bond acceptors (Lipinski definition) is 4. The van der Waals surface area contributed by atoms with Crippen LogP contribution in [0.25, 0.3) is 81.2 Å². The van der Waals surface area contributed by atoms with E-state index in [-0.39, 0.29) is 0 Å². The van der Waals surface area contributed by atoms with Gasteiger partial charge >= 0.3 is 0 Å². The molecule has 2 aliphatic rings. The summed E-state index contributed by atoms with van der Waals surface area (Å²) in [6.45, 7) is 0. The molecule has 0 N–H and O–H groups in total. The van der Waals surface area contributed by atoms with Gasteiger partial charge in [-0.25, -0.2) is 9.97 Å². The Hall–Kier alpha value is -7.08. The Morgan fingerprint density at radius 1 is 0.518 bits per heavy atom. The molecule has 0 amide bonds. The highest BCUT2D eigenvalue weighted by Gasteiger charge is 2.51. The molecule has 4 nitrogen and oxygen atoms in total. The minimum absolute atomic E-state index is 0.586.